The van der Waals surface area contributed by atoms with Crippen LogP contribution in [0.25, 0.3) is 0 Å². The van der Waals surface area contributed by atoms with Crippen LogP contribution in [-0.2, 0) is 14.3 Å². The first-order valence-electron chi connectivity index (χ1n) is 10.3. The molecule has 0 saturated carbocycles. The third kappa shape index (κ3) is 8.52. The zero-order valence-electron chi connectivity index (χ0n) is 17.1. The van der Waals surface area contributed by atoms with Gasteiger partial charge in [0.25, 0.3) is 0 Å². The molecule has 0 aromatic carbocycles. The molecule has 2 heterocycles. The van der Waals surface area contributed by atoms with Gasteiger partial charge in [-0.1, -0.05) is 20.8 Å². The van der Waals surface area contributed by atoms with E-state index < -0.39 is 0 Å². The van der Waals surface area contributed by atoms with Crippen molar-refractivity contribution in [3.8, 4) is 0 Å². The van der Waals surface area contributed by atoms with Crippen LogP contribution >= 0.6 is 0 Å². The molecule has 1 amide bonds. The Morgan fingerprint density at radius 2 is 1.60 bits per heavy atom. The molecule has 2 fully saturated rings. The summed E-state index contributed by atoms with van der Waals surface area (Å²) in [7, 11) is 0. The summed E-state index contributed by atoms with van der Waals surface area (Å²) < 4.78 is 11.4. The minimum absolute atomic E-state index is 0.127. The van der Waals surface area contributed by atoms with Crippen molar-refractivity contribution >= 4 is 5.91 Å². The summed E-state index contributed by atoms with van der Waals surface area (Å²) in [6, 6.07) is 0.628. The monoisotopic (exact) mass is 356 g/mol. The second-order valence-corrected chi connectivity index (χ2v) is 7.32. The lowest BCUT2D eigenvalue weighted by atomic mass is 9.99. The summed E-state index contributed by atoms with van der Waals surface area (Å²) in [6.45, 7) is 16.1. The highest BCUT2D eigenvalue weighted by atomic mass is 16.5. The van der Waals surface area contributed by atoms with E-state index in [2.05, 4.69) is 25.7 Å². The molecule has 0 spiro atoms. The maximum atomic E-state index is 12.0. The van der Waals surface area contributed by atoms with Gasteiger partial charge in [0.1, 0.15) is 6.61 Å². The number of nitrogens with zero attached hydrogens (tertiary/aromatic N) is 2. The summed E-state index contributed by atoms with van der Waals surface area (Å²) in [4.78, 5) is 16.5. The Morgan fingerprint density at radius 3 is 2.16 bits per heavy atom. The minimum atomic E-state index is 0.127. The molecule has 2 aliphatic rings. The molecule has 0 aromatic rings. The Morgan fingerprint density at radius 1 is 1.00 bits per heavy atom. The van der Waals surface area contributed by atoms with E-state index in [1.54, 1.807) is 0 Å². The molecule has 0 aliphatic carbocycles. The molecule has 0 radical (unpaired) electrons. The number of piperidine rings is 2. The van der Waals surface area contributed by atoms with Crippen LogP contribution in [0, 0.1) is 5.92 Å². The lowest BCUT2D eigenvalue weighted by Crippen LogP contribution is -2.41. The van der Waals surface area contributed by atoms with E-state index in [0.29, 0.717) is 25.4 Å². The highest BCUT2D eigenvalue weighted by Gasteiger charge is 2.22. The van der Waals surface area contributed by atoms with Gasteiger partial charge in [0.15, 0.2) is 0 Å². The van der Waals surface area contributed by atoms with Crippen LogP contribution in [0.4, 0.5) is 0 Å². The molecule has 2 aliphatic heterocycles. The maximum absolute atomic E-state index is 12.0. The van der Waals surface area contributed by atoms with Gasteiger partial charge in [-0.3, -0.25) is 4.79 Å². The average Bonchev–Trinajstić information content (AvgIpc) is 2.64. The summed E-state index contributed by atoms with van der Waals surface area (Å²) >= 11 is 0. The van der Waals surface area contributed by atoms with E-state index >= 15 is 0 Å². The maximum Gasteiger partial charge on any atom is 0.248 e. The van der Waals surface area contributed by atoms with E-state index in [9.17, 15) is 4.79 Å². The molecular formula is C20H40N2O3. The molecule has 148 valence electrons. The normalized spacial score (nSPS) is 20.5. The van der Waals surface area contributed by atoms with Crippen LogP contribution in [0.1, 0.15) is 60.3 Å². The second-order valence-electron chi connectivity index (χ2n) is 7.32. The average molecular weight is 357 g/mol. The van der Waals surface area contributed by atoms with Crippen molar-refractivity contribution in [1.82, 2.24) is 9.80 Å². The quantitative estimate of drug-likeness (QED) is 0.657. The van der Waals surface area contributed by atoms with Gasteiger partial charge >= 0.3 is 0 Å². The van der Waals surface area contributed by atoms with Gasteiger partial charge in [-0.25, -0.2) is 0 Å². The molecule has 0 bridgehead atoms. The van der Waals surface area contributed by atoms with Gasteiger partial charge in [0.2, 0.25) is 5.91 Å². The van der Waals surface area contributed by atoms with Crippen LogP contribution in [-0.4, -0.2) is 73.9 Å². The van der Waals surface area contributed by atoms with E-state index in [4.69, 9.17) is 9.47 Å². The highest BCUT2D eigenvalue weighted by Crippen LogP contribution is 2.16. The van der Waals surface area contributed by atoms with Crippen molar-refractivity contribution in [2.45, 2.75) is 72.4 Å². The SMILES string of the molecule is CC.CC1CCN(C(=O)COCCOC2CCN(C(C)C)CC2)CC1. The van der Waals surface area contributed by atoms with Crippen molar-refractivity contribution in [2.75, 3.05) is 46.0 Å². The fourth-order valence-electron chi connectivity index (χ4n) is 3.34. The van der Waals surface area contributed by atoms with Crippen molar-refractivity contribution in [2.24, 2.45) is 5.92 Å². The predicted octanol–water partition coefficient (Wildman–Crippen LogP) is 3.18. The number of likely N-dealkylation sites (tertiary alicyclic amines) is 2. The van der Waals surface area contributed by atoms with Gasteiger partial charge in [-0.05, 0) is 45.4 Å². The smallest absolute Gasteiger partial charge is 0.248 e. The Labute approximate surface area is 155 Å². The number of hydrogen-bond donors (Lipinski definition) is 0. The number of amides is 1. The topological polar surface area (TPSA) is 42.0 Å². The fourth-order valence-corrected chi connectivity index (χ4v) is 3.34. The van der Waals surface area contributed by atoms with E-state index in [0.717, 1.165) is 57.8 Å². The summed E-state index contributed by atoms with van der Waals surface area (Å²) in [5.41, 5.74) is 0. The molecule has 0 unspecified atom stereocenters. The number of carbonyl (C=O) groups is 1. The minimum Gasteiger partial charge on any atom is -0.376 e. The molecule has 25 heavy (non-hydrogen) atoms. The first kappa shape index (κ1) is 22.4. The highest BCUT2D eigenvalue weighted by molar-refractivity contribution is 5.77. The number of ether oxygens (including phenoxy) is 2. The number of rotatable bonds is 7. The Kier molecular flexibility index (Phi) is 11.3. The van der Waals surface area contributed by atoms with Gasteiger partial charge in [0, 0.05) is 32.2 Å². The lowest BCUT2D eigenvalue weighted by Gasteiger charge is -2.34. The van der Waals surface area contributed by atoms with E-state index in [1.807, 2.05) is 18.7 Å². The molecule has 2 rings (SSSR count). The van der Waals surface area contributed by atoms with Crippen LogP contribution in [0.15, 0.2) is 0 Å². The second kappa shape index (κ2) is 12.7. The summed E-state index contributed by atoms with van der Waals surface area (Å²) in [5.74, 6) is 0.873. The molecule has 0 aromatic heterocycles. The van der Waals surface area contributed by atoms with Crippen LogP contribution in [0.3, 0.4) is 0 Å². The predicted molar refractivity (Wildman–Crippen MR) is 103 cm³/mol. The van der Waals surface area contributed by atoms with Crippen molar-refractivity contribution in [3.05, 3.63) is 0 Å². The Balaban J connectivity index is 0.00000151. The summed E-state index contributed by atoms with van der Waals surface area (Å²) in [6.07, 6.45) is 4.79. The van der Waals surface area contributed by atoms with Crippen LogP contribution < -0.4 is 0 Å². The Bertz CT molecular complexity index is 347. The standard InChI is InChI=1S/C18H34N2O3.C2H6/c1-15(2)19-10-6-17(7-11-19)23-13-12-22-14-18(21)20-8-4-16(3)5-9-20;1-2/h15-17H,4-14H2,1-3H3;1-2H3. The number of hydrogen-bond acceptors (Lipinski definition) is 4. The summed E-state index contributed by atoms with van der Waals surface area (Å²) in [5, 5.41) is 0. The third-order valence-corrected chi connectivity index (χ3v) is 5.15. The van der Waals surface area contributed by atoms with Gasteiger partial charge < -0.3 is 19.3 Å². The molecule has 0 N–H and O–H groups in total. The first-order chi connectivity index (χ1) is 12.1. The molecule has 5 heteroatoms. The molecule has 0 atom stereocenters. The zero-order valence-corrected chi connectivity index (χ0v) is 17.1. The van der Waals surface area contributed by atoms with Gasteiger partial charge in [-0.15, -0.1) is 0 Å². The van der Waals surface area contributed by atoms with Crippen molar-refractivity contribution in [3.63, 3.8) is 0 Å². The number of carbonyl (C=O) groups excluding carboxylic acids is 1. The first-order valence-corrected chi connectivity index (χ1v) is 10.3. The fraction of sp³-hybridized carbons (Fsp3) is 0.950. The van der Waals surface area contributed by atoms with E-state index in [-0.39, 0.29) is 12.5 Å². The van der Waals surface area contributed by atoms with E-state index in [1.165, 1.54) is 0 Å². The van der Waals surface area contributed by atoms with Gasteiger partial charge in [0.05, 0.1) is 19.3 Å². The molecular weight excluding hydrogens is 316 g/mol. The molecule has 5 nitrogen and oxygen atoms in total. The van der Waals surface area contributed by atoms with Gasteiger partial charge in [-0.2, -0.15) is 0 Å². The zero-order chi connectivity index (χ0) is 18.7. The largest absolute Gasteiger partial charge is 0.376 e. The lowest BCUT2D eigenvalue weighted by molar-refractivity contribution is -0.138. The Hall–Kier alpha value is -0.650. The molecule has 2 saturated heterocycles. The van der Waals surface area contributed by atoms with Crippen LogP contribution in [0.2, 0.25) is 0 Å². The van der Waals surface area contributed by atoms with Crippen molar-refractivity contribution in [1.29, 1.82) is 0 Å². The van der Waals surface area contributed by atoms with Crippen LogP contribution in [0.5, 0.6) is 0 Å². The third-order valence-electron chi connectivity index (χ3n) is 5.15. The van der Waals surface area contributed by atoms with Crippen molar-refractivity contribution < 1.29 is 14.3 Å².